The van der Waals surface area contributed by atoms with Gasteiger partial charge in [-0.1, -0.05) is 77.8 Å². The van der Waals surface area contributed by atoms with E-state index in [1.54, 1.807) is 0 Å². The van der Waals surface area contributed by atoms with Gasteiger partial charge in [0.15, 0.2) is 8.32 Å². The van der Waals surface area contributed by atoms with Crippen molar-refractivity contribution in [1.82, 2.24) is 5.48 Å². The number of allylic oxidation sites excluding steroid dienone is 1. The first-order valence-electron chi connectivity index (χ1n) is 12.0. The lowest BCUT2D eigenvalue weighted by atomic mass is 9.88. The average Bonchev–Trinajstić information content (AvgIpc) is 2.73. The number of carbonyl (C=O) groups excluding carboxylic acids is 1. The first kappa shape index (κ1) is 25.8. The summed E-state index contributed by atoms with van der Waals surface area (Å²) < 4.78 is 7.00. The summed E-state index contributed by atoms with van der Waals surface area (Å²) in [5, 5.41) is 0. The monoisotopic (exact) mass is 445 g/mol. The van der Waals surface area contributed by atoms with Crippen molar-refractivity contribution in [2.24, 2.45) is 0 Å². The fourth-order valence-electron chi connectivity index (χ4n) is 5.59. The van der Waals surface area contributed by atoms with Crippen LogP contribution in [0, 0.1) is 0 Å². The number of hydroxylamine groups is 1. The zero-order chi connectivity index (χ0) is 23.0. The van der Waals surface area contributed by atoms with Crippen molar-refractivity contribution in [3.05, 3.63) is 47.0 Å². The van der Waals surface area contributed by atoms with Crippen LogP contribution in [0.2, 0.25) is 16.6 Å². The molecule has 174 valence electrons. The van der Waals surface area contributed by atoms with Crippen molar-refractivity contribution < 1.29 is 14.1 Å². The maximum absolute atomic E-state index is 12.7. The Hall–Kier alpha value is -1.43. The van der Waals surface area contributed by atoms with Gasteiger partial charge in [0, 0.05) is 18.1 Å². The highest BCUT2D eigenvalue weighted by Gasteiger charge is 2.45. The minimum Gasteiger partial charge on any atom is -0.415 e. The van der Waals surface area contributed by atoms with E-state index in [0.29, 0.717) is 28.8 Å². The standard InChI is InChI=1S/C26H43NO3Si/c1-19(2)31(20(3)4,21(5)6)30-18-23(17-22-13-9-8-10-14-22)24-15-11-12-16-25(24)26(28)27-29-7/h11-12,15-17,19-21,23H,8-10,13-14,18H2,1-7H3,(H,27,28). The van der Waals surface area contributed by atoms with E-state index in [1.807, 2.05) is 18.2 Å². The SMILES string of the molecule is CONC(=O)c1ccccc1C(C=C1CCCCC1)CO[Si](C(C)C)(C(C)C)C(C)C. The van der Waals surface area contributed by atoms with Crippen molar-refractivity contribution in [3.8, 4) is 0 Å². The van der Waals surface area contributed by atoms with Gasteiger partial charge in [0.05, 0.1) is 7.11 Å². The van der Waals surface area contributed by atoms with Gasteiger partial charge in [-0.25, -0.2) is 5.48 Å². The van der Waals surface area contributed by atoms with Crippen molar-refractivity contribution in [3.63, 3.8) is 0 Å². The summed E-state index contributed by atoms with van der Waals surface area (Å²) >= 11 is 0. The van der Waals surface area contributed by atoms with E-state index in [4.69, 9.17) is 9.26 Å². The zero-order valence-corrected chi connectivity index (χ0v) is 21.7. The van der Waals surface area contributed by atoms with Gasteiger partial charge in [0.2, 0.25) is 0 Å². The van der Waals surface area contributed by atoms with Crippen LogP contribution in [0.25, 0.3) is 0 Å². The molecule has 2 rings (SSSR count). The molecular weight excluding hydrogens is 402 g/mol. The summed E-state index contributed by atoms with van der Waals surface area (Å²) in [5.74, 6) is -0.139. The van der Waals surface area contributed by atoms with Crippen LogP contribution in [0.3, 0.4) is 0 Å². The van der Waals surface area contributed by atoms with Gasteiger partial charge < -0.3 is 4.43 Å². The molecule has 1 fully saturated rings. The molecule has 0 bridgehead atoms. The van der Waals surface area contributed by atoms with Crippen molar-refractivity contribution >= 4 is 14.2 Å². The molecular formula is C26H43NO3Si. The van der Waals surface area contributed by atoms with Crippen molar-refractivity contribution in [2.75, 3.05) is 13.7 Å². The van der Waals surface area contributed by atoms with Crippen LogP contribution in [0.1, 0.15) is 95.5 Å². The number of amides is 1. The number of hydrogen-bond donors (Lipinski definition) is 1. The molecule has 1 saturated carbocycles. The largest absolute Gasteiger partial charge is 0.415 e. The van der Waals surface area contributed by atoms with Gasteiger partial charge in [-0.15, -0.1) is 0 Å². The zero-order valence-electron chi connectivity index (χ0n) is 20.7. The Kier molecular flexibility index (Phi) is 9.98. The molecule has 1 aromatic rings. The molecule has 31 heavy (non-hydrogen) atoms. The smallest absolute Gasteiger partial charge is 0.275 e. The lowest BCUT2D eigenvalue weighted by Crippen LogP contribution is -2.48. The van der Waals surface area contributed by atoms with Gasteiger partial charge in [-0.3, -0.25) is 9.63 Å². The van der Waals surface area contributed by atoms with Crippen LogP contribution in [0.5, 0.6) is 0 Å². The fraction of sp³-hybridized carbons (Fsp3) is 0.654. The molecule has 1 aliphatic carbocycles. The second-order valence-corrected chi connectivity index (χ2v) is 15.3. The summed E-state index contributed by atoms with van der Waals surface area (Å²) in [5.41, 5.74) is 7.28. The van der Waals surface area contributed by atoms with E-state index >= 15 is 0 Å². The highest BCUT2D eigenvalue weighted by atomic mass is 28.4. The summed E-state index contributed by atoms with van der Waals surface area (Å²) in [6.07, 6.45) is 8.55. The third-order valence-electron chi connectivity index (χ3n) is 6.95. The average molecular weight is 446 g/mol. The van der Waals surface area contributed by atoms with Gasteiger partial charge in [0.1, 0.15) is 0 Å². The number of nitrogens with one attached hydrogen (secondary N) is 1. The summed E-state index contributed by atoms with van der Waals surface area (Å²) in [6.45, 7) is 14.5. The van der Waals surface area contributed by atoms with E-state index in [2.05, 4.69) is 59.2 Å². The van der Waals surface area contributed by atoms with E-state index < -0.39 is 8.32 Å². The van der Waals surface area contributed by atoms with Gasteiger partial charge in [-0.05, 0) is 53.9 Å². The fourth-order valence-corrected chi connectivity index (χ4v) is 11.1. The molecule has 4 nitrogen and oxygen atoms in total. The predicted molar refractivity (Wildman–Crippen MR) is 132 cm³/mol. The highest BCUT2D eigenvalue weighted by Crippen LogP contribution is 2.43. The van der Waals surface area contributed by atoms with Crippen molar-refractivity contribution in [1.29, 1.82) is 0 Å². The van der Waals surface area contributed by atoms with Crippen LogP contribution in [0.4, 0.5) is 0 Å². The van der Waals surface area contributed by atoms with Crippen LogP contribution < -0.4 is 5.48 Å². The minimum absolute atomic E-state index is 0.0648. The molecule has 0 heterocycles. The third-order valence-corrected chi connectivity index (χ3v) is 13.0. The topological polar surface area (TPSA) is 47.6 Å². The lowest BCUT2D eigenvalue weighted by Gasteiger charge is -2.43. The Morgan fingerprint density at radius 1 is 1.00 bits per heavy atom. The van der Waals surface area contributed by atoms with Crippen LogP contribution >= 0.6 is 0 Å². The van der Waals surface area contributed by atoms with E-state index in [0.717, 1.165) is 18.4 Å². The second kappa shape index (κ2) is 12.0. The van der Waals surface area contributed by atoms with Crippen molar-refractivity contribution in [2.45, 2.75) is 96.2 Å². The second-order valence-electron chi connectivity index (χ2n) is 9.84. The van der Waals surface area contributed by atoms with E-state index in [1.165, 1.54) is 31.9 Å². The molecule has 1 N–H and O–H groups in total. The number of hydrogen-bond acceptors (Lipinski definition) is 3. The summed E-state index contributed by atoms with van der Waals surface area (Å²) in [7, 11) is -0.532. The highest BCUT2D eigenvalue weighted by molar-refractivity contribution is 6.77. The quantitative estimate of drug-likeness (QED) is 0.236. The molecule has 1 atom stereocenters. The molecule has 0 aliphatic heterocycles. The van der Waals surface area contributed by atoms with Gasteiger partial charge in [0.25, 0.3) is 5.91 Å². The Balaban J connectivity index is 2.44. The van der Waals surface area contributed by atoms with Gasteiger partial charge in [-0.2, -0.15) is 0 Å². The molecule has 0 radical (unpaired) electrons. The maximum Gasteiger partial charge on any atom is 0.275 e. The minimum atomic E-state index is -2.00. The molecule has 1 amide bonds. The molecule has 1 aliphatic rings. The maximum atomic E-state index is 12.7. The molecule has 5 heteroatoms. The number of benzene rings is 1. The van der Waals surface area contributed by atoms with Gasteiger partial charge >= 0.3 is 0 Å². The number of carbonyl (C=O) groups is 1. The summed E-state index contributed by atoms with van der Waals surface area (Å²) in [4.78, 5) is 17.6. The normalized spacial score (nSPS) is 16.1. The first-order valence-corrected chi connectivity index (χ1v) is 14.1. The van der Waals surface area contributed by atoms with Crippen LogP contribution in [0.15, 0.2) is 35.9 Å². The molecule has 1 aromatic carbocycles. The Morgan fingerprint density at radius 2 is 1.58 bits per heavy atom. The van der Waals surface area contributed by atoms with Crippen LogP contribution in [-0.4, -0.2) is 27.9 Å². The molecule has 0 saturated heterocycles. The van der Waals surface area contributed by atoms with E-state index in [-0.39, 0.29) is 11.8 Å². The van der Waals surface area contributed by atoms with E-state index in [9.17, 15) is 4.79 Å². The Labute approximate surface area is 190 Å². The predicted octanol–water partition coefficient (Wildman–Crippen LogP) is 7.14. The number of rotatable bonds is 10. The molecule has 0 aromatic heterocycles. The third kappa shape index (κ3) is 6.30. The first-order chi connectivity index (χ1) is 14.7. The summed E-state index contributed by atoms with van der Waals surface area (Å²) in [6, 6.07) is 7.88. The molecule has 1 unspecified atom stereocenters. The Bertz CT molecular complexity index is 712. The molecule has 0 spiro atoms. The van der Waals surface area contributed by atoms with Crippen LogP contribution in [-0.2, 0) is 9.26 Å². The Morgan fingerprint density at radius 3 is 2.13 bits per heavy atom. The lowest BCUT2D eigenvalue weighted by molar-refractivity contribution is 0.0536.